The van der Waals surface area contributed by atoms with E-state index in [2.05, 4.69) is 25.0 Å². The molecule has 2 amide bonds. The number of fused-ring (bicyclic) bond motifs is 1. The zero-order valence-corrected chi connectivity index (χ0v) is 32.2. The van der Waals surface area contributed by atoms with Crippen molar-refractivity contribution in [2.24, 2.45) is 10.8 Å². The van der Waals surface area contributed by atoms with Gasteiger partial charge in [-0.05, 0) is 91.5 Å². The van der Waals surface area contributed by atoms with E-state index in [9.17, 15) is 14.0 Å². The molecule has 2 spiro atoms. The number of hydrogen-bond acceptors (Lipinski definition) is 11. The van der Waals surface area contributed by atoms with Crippen LogP contribution in [0.3, 0.4) is 0 Å². The molecule has 14 heteroatoms. The maximum absolute atomic E-state index is 14.3. The van der Waals surface area contributed by atoms with Crippen molar-refractivity contribution >= 4 is 17.8 Å². The van der Waals surface area contributed by atoms with E-state index in [1.807, 2.05) is 58.7 Å². The van der Waals surface area contributed by atoms with Crippen LogP contribution >= 0.6 is 0 Å². The first-order valence-electron chi connectivity index (χ1n) is 19.3. The molecule has 288 valence electrons. The van der Waals surface area contributed by atoms with E-state index in [0.717, 1.165) is 82.8 Å². The van der Waals surface area contributed by atoms with Crippen LogP contribution in [0.25, 0.3) is 0 Å². The summed E-state index contributed by atoms with van der Waals surface area (Å²) in [6, 6.07) is 6.39. The Balaban J connectivity index is 0.855. The Kier molecular flexibility index (Phi) is 9.17. The molecule has 5 aliphatic rings. The molecule has 54 heavy (non-hydrogen) atoms. The number of nitrogens with zero attached hydrogens (tertiary/aromatic N) is 8. The quantitative estimate of drug-likeness (QED) is 0.261. The molecular formula is C40H51FN8O5. The second kappa shape index (κ2) is 13.6. The van der Waals surface area contributed by atoms with Crippen molar-refractivity contribution in [2.75, 3.05) is 44.2 Å². The molecule has 0 bridgehead atoms. The van der Waals surface area contributed by atoms with Crippen LogP contribution in [0.15, 0.2) is 36.8 Å². The number of aromatic nitrogens is 4. The molecule has 2 saturated heterocycles. The molecule has 0 radical (unpaired) electrons. The first kappa shape index (κ1) is 36.4. The number of anilines is 1. The van der Waals surface area contributed by atoms with Crippen molar-refractivity contribution in [3.63, 3.8) is 0 Å². The summed E-state index contributed by atoms with van der Waals surface area (Å²) in [6.45, 7) is 16.9. The van der Waals surface area contributed by atoms with E-state index < -0.39 is 11.4 Å². The van der Waals surface area contributed by atoms with E-state index >= 15 is 0 Å². The number of amides is 2. The number of benzene rings is 1. The summed E-state index contributed by atoms with van der Waals surface area (Å²) in [7, 11) is 0. The predicted molar refractivity (Wildman–Crippen MR) is 198 cm³/mol. The van der Waals surface area contributed by atoms with Gasteiger partial charge in [-0.1, -0.05) is 0 Å². The van der Waals surface area contributed by atoms with Crippen LogP contribution in [-0.2, 0) is 17.7 Å². The van der Waals surface area contributed by atoms with Crippen LogP contribution in [0.4, 0.5) is 15.0 Å². The second-order valence-electron chi connectivity index (χ2n) is 17.4. The number of pyridine rings is 1. The highest BCUT2D eigenvalue weighted by atomic mass is 19.1. The van der Waals surface area contributed by atoms with Crippen LogP contribution < -0.4 is 14.4 Å². The van der Waals surface area contributed by atoms with Crippen LogP contribution in [0.2, 0.25) is 0 Å². The van der Waals surface area contributed by atoms with E-state index in [-0.39, 0.29) is 52.2 Å². The average molecular weight is 743 g/mol. The fourth-order valence-corrected chi connectivity index (χ4v) is 9.17. The number of carbonyl (C=O) groups is 2. The minimum Gasteiger partial charge on any atom is -0.490 e. The minimum atomic E-state index is -0.520. The SMILES string of the molecule is CCN(C(=O)c1cc(F)ccc1Oc1nncnc1N1CC2(CC(Oc3ccnc4c3CN(C3CC5(C3)CN(C(=O)OC(C)(C)C)C5)CC4)C2)C1)C(C)C. The normalized spacial score (nSPS) is 21.4. The molecule has 2 saturated carbocycles. The van der Waals surface area contributed by atoms with E-state index in [4.69, 9.17) is 19.2 Å². The highest BCUT2D eigenvalue weighted by Crippen LogP contribution is 2.53. The second-order valence-corrected chi connectivity index (χ2v) is 17.4. The third kappa shape index (κ3) is 6.93. The number of likely N-dealkylation sites (tertiary alicyclic amines) is 1. The number of ether oxygens (including phenoxy) is 3. The molecule has 0 N–H and O–H groups in total. The molecule has 4 fully saturated rings. The topological polar surface area (TPSA) is 126 Å². The lowest BCUT2D eigenvalue weighted by Crippen LogP contribution is -2.68. The van der Waals surface area contributed by atoms with E-state index in [1.165, 1.54) is 30.1 Å². The number of hydrogen-bond donors (Lipinski definition) is 0. The molecule has 2 aliphatic carbocycles. The summed E-state index contributed by atoms with van der Waals surface area (Å²) in [4.78, 5) is 43.3. The Hall–Kier alpha value is -4.59. The van der Waals surface area contributed by atoms with Gasteiger partial charge in [0.05, 0.1) is 5.56 Å². The monoisotopic (exact) mass is 742 g/mol. The van der Waals surface area contributed by atoms with Gasteiger partial charge in [0.2, 0.25) is 0 Å². The van der Waals surface area contributed by atoms with Gasteiger partial charge < -0.3 is 28.9 Å². The minimum absolute atomic E-state index is 0.0626. The fourth-order valence-electron chi connectivity index (χ4n) is 9.17. The summed E-state index contributed by atoms with van der Waals surface area (Å²) in [5.74, 6) is 1.03. The van der Waals surface area contributed by atoms with E-state index in [0.29, 0.717) is 18.4 Å². The zero-order valence-electron chi connectivity index (χ0n) is 32.2. The lowest BCUT2D eigenvalue weighted by molar-refractivity contribution is -0.110. The maximum atomic E-state index is 14.3. The Labute approximate surface area is 316 Å². The van der Waals surface area contributed by atoms with Crippen molar-refractivity contribution in [3.8, 4) is 17.4 Å². The Morgan fingerprint density at radius 1 is 1.02 bits per heavy atom. The summed E-state index contributed by atoms with van der Waals surface area (Å²) in [5.41, 5.74) is 2.32. The molecule has 3 aliphatic heterocycles. The molecule has 3 aromatic rings. The Morgan fingerprint density at radius 3 is 2.46 bits per heavy atom. The van der Waals surface area contributed by atoms with Gasteiger partial charge in [-0.15, -0.1) is 10.2 Å². The van der Waals surface area contributed by atoms with Crippen molar-refractivity contribution in [1.82, 2.24) is 34.9 Å². The number of carbonyl (C=O) groups excluding carboxylic acids is 2. The summed E-state index contributed by atoms with van der Waals surface area (Å²) in [6.07, 6.45) is 8.14. The van der Waals surface area contributed by atoms with Gasteiger partial charge in [-0.3, -0.25) is 14.7 Å². The number of rotatable bonds is 9. The van der Waals surface area contributed by atoms with Crippen LogP contribution in [0.5, 0.6) is 17.4 Å². The molecular weight excluding hydrogens is 691 g/mol. The Bertz CT molecular complexity index is 1910. The van der Waals surface area contributed by atoms with Gasteiger partial charge in [0.25, 0.3) is 11.8 Å². The maximum Gasteiger partial charge on any atom is 0.410 e. The molecule has 2 aromatic heterocycles. The average Bonchev–Trinajstić information content (AvgIpc) is 3.04. The largest absolute Gasteiger partial charge is 0.490 e. The predicted octanol–water partition coefficient (Wildman–Crippen LogP) is 5.87. The van der Waals surface area contributed by atoms with Gasteiger partial charge in [0, 0.05) is 92.6 Å². The molecule has 8 rings (SSSR count). The smallest absolute Gasteiger partial charge is 0.410 e. The summed E-state index contributed by atoms with van der Waals surface area (Å²) in [5, 5.41) is 8.17. The molecule has 0 atom stereocenters. The van der Waals surface area contributed by atoms with Crippen molar-refractivity contribution in [1.29, 1.82) is 0 Å². The van der Waals surface area contributed by atoms with Gasteiger partial charge in [0.15, 0.2) is 5.82 Å². The summed E-state index contributed by atoms with van der Waals surface area (Å²) < 4.78 is 32.7. The third-order valence-corrected chi connectivity index (χ3v) is 11.8. The first-order valence-corrected chi connectivity index (χ1v) is 19.3. The first-order chi connectivity index (χ1) is 25.7. The van der Waals surface area contributed by atoms with Crippen molar-refractivity contribution in [3.05, 3.63) is 59.4 Å². The third-order valence-electron chi connectivity index (χ3n) is 11.8. The standard InChI is InChI=1S/C40H51FN8O5/c1-7-49(25(2)3)36(50)29-14-26(41)8-9-32(29)53-35-34(43-24-44-45-35)47-20-40(21-47)17-28(18-40)52-33-10-12-42-31-11-13-46(19-30(31)33)27-15-39(16-27)22-48(23-39)37(51)54-38(4,5)6/h8-10,12,14,24-25,27-28H,7,11,13,15-23H2,1-6H3. The lowest BCUT2D eigenvalue weighted by atomic mass is 9.60. The fraction of sp³-hybridized carbons (Fsp3) is 0.600. The van der Waals surface area contributed by atoms with Crippen LogP contribution in [0.1, 0.15) is 88.8 Å². The van der Waals surface area contributed by atoms with Crippen molar-refractivity contribution in [2.45, 2.75) is 104 Å². The molecule has 5 heterocycles. The molecule has 1 aromatic carbocycles. The van der Waals surface area contributed by atoms with Crippen LogP contribution in [0, 0.1) is 16.6 Å². The highest BCUT2D eigenvalue weighted by molar-refractivity contribution is 5.97. The van der Waals surface area contributed by atoms with Crippen molar-refractivity contribution < 1.29 is 28.2 Å². The van der Waals surface area contributed by atoms with Gasteiger partial charge in [-0.25, -0.2) is 14.2 Å². The summed E-state index contributed by atoms with van der Waals surface area (Å²) >= 11 is 0. The highest BCUT2D eigenvalue weighted by Gasteiger charge is 2.57. The Morgan fingerprint density at radius 2 is 1.76 bits per heavy atom. The van der Waals surface area contributed by atoms with Crippen LogP contribution in [-0.4, -0.2) is 110 Å². The van der Waals surface area contributed by atoms with Gasteiger partial charge in [-0.2, -0.15) is 0 Å². The van der Waals surface area contributed by atoms with E-state index in [1.54, 1.807) is 4.90 Å². The molecule has 13 nitrogen and oxygen atoms in total. The number of halogens is 1. The van der Waals surface area contributed by atoms with Gasteiger partial charge >= 0.3 is 6.09 Å². The zero-order chi connectivity index (χ0) is 38.0. The lowest BCUT2D eigenvalue weighted by Gasteiger charge is -2.61. The molecule has 0 unspecified atom stereocenters. The van der Waals surface area contributed by atoms with Gasteiger partial charge in [0.1, 0.15) is 35.3 Å².